The molecule has 2 unspecified atom stereocenters. The summed E-state index contributed by atoms with van der Waals surface area (Å²) in [6.07, 6.45) is 3.11. The number of amides is 6. The van der Waals surface area contributed by atoms with Crippen molar-refractivity contribution in [1.29, 1.82) is 0 Å². The molecule has 5 rings (SSSR count). The molecule has 6 amide bonds. The number of primary amides is 1. The van der Waals surface area contributed by atoms with E-state index in [4.69, 9.17) is 10.5 Å². The molecule has 424 valence electrons. The van der Waals surface area contributed by atoms with Crippen molar-refractivity contribution in [3.63, 3.8) is 0 Å². The number of nitrogens with one attached hydrogen (secondary N) is 5. The number of urea groups is 1. The Morgan fingerprint density at radius 3 is 2.23 bits per heavy atom. The quantitative estimate of drug-likeness (QED) is 0.00904. The molecular formula is C56H69F3N10O10. The number of fused-ring (bicyclic) bond motifs is 1. The van der Waals surface area contributed by atoms with Gasteiger partial charge >= 0.3 is 18.5 Å². The Balaban J connectivity index is 0.000000469. The number of anilines is 2. The smallest absolute Gasteiger partial charge is 0.505 e. The number of hydrogen-bond acceptors (Lipinski definition) is 14. The molecule has 20 nitrogen and oxygen atoms in total. The fraction of sp³-hybridized carbons (Fsp3) is 0.339. The number of likely N-dealkylation sites (N-methyl/N-ethyl adjacent to an activating group) is 2. The Kier molecular flexibility index (Phi) is 27.7. The number of benzene rings is 4. The average Bonchev–Trinajstić information content (AvgIpc) is 3.45. The summed E-state index contributed by atoms with van der Waals surface area (Å²) in [7, 11) is 3.33. The molecule has 2 atom stereocenters. The largest absolute Gasteiger partial charge is 0.573 e. The molecule has 4 aromatic carbocycles. The average molecular weight is 1100 g/mol. The number of carbonyl (C=O) groups is 7. The van der Waals surface area contributed by atoms with Gasteiger partial charge in [-0.25, -0.2) is 9.59 Å². The summed E-state index contributed by atoms with van der Waals surface area (Å²) in [6, 6.07) is 23.5. The van der Waals surface area contributed by atoms with E-state index in [1.165, 1.54) is 40.3 Å². The van der Waals surface area contributed by atoms with Crippen molar-refractivity contribution in [1.82, 2.24) is 30.7 Å². The van der Waals surface area contributed by atoms with Gasteiger partial charge in [0.15, 0.2) is 0 Å². The number of carbonyl (C=O) groups excluding carboxylic acids is 7. The number of aliphatic imine (C=N–C) groups is 1. The molecule has 0 saturated heterocycles. The van der Waals surface area contributed by atoms with Crippen LogP contribution in [0.3, 0.4) is 0 Å². The van der Waals surface area contributed by atoms with Crippen LogP contribution in [-0.4, -0.2) is 122 Å². The number of hydrogen-bond donors (Lipinski definition) is 7. The second-order valence-electron chi connectivity index (χ2n) is 17.7. The number of para-hydroxylation sites is 2. The lowest BCUT2D eigenvalue weighted by Crippen LogP contribution is -2.39. The molecule has 1 aromatic heterocycles. The molecule has 0 fully saturated rings. The maximum atomic E-state index is 14.1. The lowest BCUT2D eigenvalue weighted by Gasteiger charge is -2.33. The third kappa shape index (κ3) is 23.1. The number of aromatic hydroxyl groups is 1. The SMILES string of the molecule is C=Nc1ccccc1NCN(C(=O)OCc1ccc(NC(=O)CNC)cc1)C(c1ccc(OC(F)(F)F)cc1)c1ccc2cccnc2c1O.CC(C)C(C=O)NC(=O)CCCCCN(C)C(=O)/C=C\C=O.CCCNC(N)=O. The number of pyridine rings is 1. The number of phenols is 1. The van der Waals surface area contributed by atoms with Gasteiger partial charge in [-0.1, -0.05) is 81.8 Å². The summed E-state index contributed by atoms with van der Waals surface area (Å²) in [6.45, 7) is 10.4. The maximum absolute atomic E-state index is 14.1. The van der Waals surface area contributed by atoms with Gasteiger partial charge in [0.25, 0.3) is 0 Å². The van der Waals surface area contributed by atoms with Crippen LogP contribution in [0.4, 0.5) is 39.8 Å². The van der Waals surface area contributed by atoms with Crippen molar-refractivity contribution in [3.05, 3.63) is 132 Å². The van der Waals surface area contributed by atoms with Gasteiger partial charge in [-0.05, 0) is 98.6 Å². The number of aldehydes is 2. The highest BCUT2D eigenvalue weighted by molar-refractivity contribution is 5.92. The highest BCUT2D eigenvalue weighted by Crippen LogP contribution is 2.39. The Morgan fingerprint density at radius 1 is 0.911 bits per heavy atom. The van der Waals surface area contributed by atoms with Gasteiger partial charge in [-0.2, -0.15) is 0 Å². The Hall–Kier alpha value is -8.86. The number of aromatic nitrogens is 1. The highest BCUT2D eigenvalue weighted by atomic mass is 19.4. The van der Waals surface area contributed by atoms with E-state index < -0.39 is 36.3 Å². The van der Waals surface area contributed by atoms with Crippen molar-refractivity contribution in [2.24, 2.45) is 16.6 Å². The second kappa shape index (κ2) is 34.0. The molecule has 0 saturated carbocycles. The van der Waals surface area contributed by atoms with Crippen molar-refractivity contribution < 1.29 is 61.3 Å². The van der Waals surface area contributed by atoms with Gasteiger partial charge in [0.05, 0.1) is 36.7 Å². The minimum Gasteiger partial charge on any atom is -0.505 e. The second-order valence-corrected chi connectivity index (χ2v) is 17.7. The lowest BCUT2D eigenvalue weighted by atomic mass is 9.95. The maximum Gasteiger partial charge on any atom is 0.573 e. The number of rotatable bonds is 26. The minimum atomic E-state index is -4.91. The first kappa shape index (κ1) is 64.4. The molecule has 23 heteroatoms. The summed E-state index contributed by atoms with van der Waals surface area (Å²) < 4.78 is 48.8. The number of nitrogens with zero attached hydrogens (tertiary/aromatic N) is 4. The van der Waals surface area contributed by atoms with Gasteiger partial charge < -0.3 is 56.6 Å². The van der Waals surface area contributed by atoms with E-state index in [-0.39, 0.29) is 60.3 Å². The van der Waals surface area contributed by atoms with Gasteiger partial charge in [-0.15, -0.1) is 13.2 Å². The molecule has 0 spiro atoms. The zero-order valence-electron chi connectivity index (χ0n) is 44.8. The molecule has 0 radical (unpaired) electrons. The molecule has 0 aliphatic carbocycles. The van der Waals surface area contributed by atoms with E-state index in [9.17, 15) is 51.8 Å². The molecule has 0 bridgehead atoms. The van der Waals surface area contributed by atoms with Crippen LogP contribution in [0, 0.1) is 5.92 Å². The van der Waals surface area contributed by atoms with Gasteiger partial charge in [-0.3, -0.25) is 34.1 Å². The van der Waals surface area contributed by atoms with Crippen LogP contribution < -0.4 is 37.1 Å². The molecule has 0 aliphatic heterocycles. The Bertz CT molecular complexity index is 2800. The first-order chi connectivity index (χ1) is 37.7. The van der Waals surface area contributed by atoms with E-state index in [2.05, 4.69) is 48.0 Å². The summed E-state index contributed by atoms with van der Waals surface area (Å²) in [5, 5.41) is 26.0. The van der Waals surface area contributed by atoms with Crippen molar-refractivity contribution >= 4 is 77.1 Å². The van der Waals surface area contributed by atoms with E-state index in [0.29, 0.717) is 65.8 Å². The van der Waals surface area contributed by atoms with Crippen molar-refractivity contribution in [2.75, 3.05) is 51.0 Å². The zero-order chi connectivity index (χ0) is 58.3. The number of nitrogens with two attached hydrogens (primary N) is 1. The predicted octanol–water partition coefficient (Wildman–Crippen LogP) is 8.29. The molecule has 5 aromatic rings. The summed E-state index contributed by atoms with van der Waals surface area (Å²) in [5.41, 5.74) is 7.76. The Labute approximate surface area is 457 Å². The summed E-state index contributed by atoms with van der Waals surface area (Å²) >= 11 is 0. The highest BCUT2D eigenvalue weighted by Gasteiger charge is 2.33. The number of halogens is 3. The topological polar surface area (TPSA) is 276 Å². The van der Waals surface area contributed by atoms with Crippen LogP contribution in [0.1, 0.15) is 75.6 Å². The zero-order valence-corrected chi connectivity index (χ0v) is 44.8. The van der Waals surface area contributed by atoms with E-state index >= 15 is 0 Å². The van der Waals surface area contributed by atoms with Crippen LogP contribution in [0.25, 0.3) is 10.9 Å². The van der Waals surface area contributed by atoms with Gasteiger partial charge in [0, 0.05) is 55.5 Å². The van der Waals surface area contributed by atoms with Crippen LogP contribution >= 0.6 is 0 Å². The van der Waals surface area contributed by atoms with E-state index in [0.717, 1.165) is 37.7 Å². The summed E-state index contributed by atoms with van der Waals surface area (Å²) in [5.74, 6) is -1.17. The van der Waals surface area contributed by atoms with Crippen LogP contribution in [0.2, 0.25) is 0 Å². The molecular weight excluding hydrogens is 1030 g/mol. The minimum absolute atomic E-state index is 0.0838. The van der Waals surface area contributed by atoms with Gasteiger partial charge in [0.1, 0.15) is 36.2 Å². The molecule has 0 aliphatic rings. The summed E-state index contributed by atoms with van der Waals surface area (Å²) in [4.78, 5) is 91.1. The number of alkyl halides is 3. The van der Waals surface area contributed by atoms with Crippen molar-refractivity contribution in [3.8, 4) is 11.5 Å². The number of phenolic OH excluding ortho intramolecular Hbond substituents is 1. The monoisotopic (exact) mass is 1100 g/mol. The van der Waals surface area contributed by atoms with Crippen LogP contribution in [0.15, 0.2) is 120 Å². The lowest BCUT2D eigenvalue weighted by molar-refractivity contribution is -0.274. The van der Waals surface area contributed by atoms with Crippen LogP contribution in [0.5, 0.6) is 11.5 Å². The Morgan fingerprint density at radius 2 is 1.62 bits per heavy atom. The molecule has 79 heavy (non-hydrogen) atoms. The van der Waals surface area contributed by atoms with Crippen molar-refractivity contribution in [2.45, 2.75) is 77.9 Å². The first-order valence-electron chi connectivity index (χ1n) is 25.1. The standard InChI is InChI=1S/C36H33F3N6O5.C16H26N2O4.C4H10N2O/c1-40-20-31(46)44-26-14-9-23(10-15-26)21-49-35(48)45(22-43-30-8-4-3-7-29(30)41-2)33(25-11-16-27(17-12-25)50-36(37,38)39)28-18-13-24-6-5-19-42-32(24)34(28)47;1-13(2)14(12-20)17-15(21)8-5-4-6-10-18(3)16(22)9-7-11-19;1-2-3-6-4(5)7/h3-19,33,40,43,47H,2,20-22H2,1H3,(H,44,46);7,9,11-14H,4-6,8,10H2,1-3H3,(H,17,21);2-3H2,1H3,(H3,5,6,7)/b;9-7-;. The van der Waals surface area contributed by atoms with Gasteiger partial charge in [0.2, 0.25) is 17.7 Å². The van der Waals surface area contributed by atoms with Crippen LogP contribution in [-0.2, 0) is 35.3 Å². The van der Waals surface area contributed by atoms with E-state index in [1.54, 1.807) is 86.9 Å². The third-order valence-corrected chi connectivity index (χ3v) is 11.3. The normalized spacial score (nSPS) is 11.6. The fourth-order valence-corrected chi connectivity index (χ4v) is 7.25. The number of ether oxygens (including phenoxy) is 2. The molecule has 1 heterocycles. The van der Waals surface area contributed by atoms with E-state index in [1.807, 2.05) is 20.8 Å². The molecule has 8 N–H and O–H groups in total. The fourth-order valence-electron chi connectivity index (χ4n) is 7.25. The number of unbranched alkanes of at least 4 members (excludes halogenated alkanes) is 2. The first-order valence-corrected chi connectivity index (χ1v) is 25.1. The predicted molar refractivity (Wildman–Crippen MR) is 296 cm³/mol. The third-order valence-electron chi connectivity index (χ3n) is 11.3. The number of allylic oxidation sites excluding steroid dienone is 1.